The molecule has 0 amide bonds. The minimum atomic E-state index is -3.92. The summed E-state index contributed by atoms with van der Waals surface area (Å²) >= 11 is 4.23. The number of thiol groups is 1. The topological polar surface area (TPSA) is 105 Å². The van der Waals surface area contributed by atoms with E-state index in [9.17, 15) is 0 Å². The molecule has 0 bridgehead atoms. The second-order valence-electron chi connectivity index (χ2n) is 6.16. The normalized spacial score (nSPS) is 11.2. The predicted molar refractivity (Wildman–Crippen MR) is 118 cm³/mol. The van der Waals surface area contributed by atoms with Gasteiger partial charge in [-0.3, -0.25) is 0 Å². The lowest BCUT2D eigenvalue weighted by atomic mass is 10.1. The van der Waals surface area contributed by atoms with Gasteiger partial charge in [0.2, 0.25) is 0 Å². The molecule has 2 aromatic rings. The number of hydrogen-bond acceptors (Lipinski definition) is 7. The number of aliphatic hydroxyl groups is 2. The van der Waals surface area contributed by atoms with Crippen LogP contribution in [0.1, 0.15) is 11.1 Å². The number of aromatic nitrogens is 1. The highest BCUT2D eigenvalue weighted by Crippen LogP contribution is 2.16. The maximum Gasteiger partial charge on any atom is 0.169 e. The van der Waals surface area contributed by atoms with Crippen LogP contribution in [0.3, 0.4) is 0 Å². The highest BCUT2D eigenvalue weighted by Gasteiger charge is 2.04. The molecule has 1 heterocycles. The summed E-state index contributed by atoms with van der Waals surface area (Å²) in [5, 5.41) is 18.2. The van der Waals surface area contributed by atoms with Crippen LogP contribution in [0.4, 0.5) is 5.69 Å². The van der Waals surface area contributed by atoms with Crippen molar-refractivity contribution in [2.24, 2.45) is 0 Å². The lowest BCUT2D eigenvalue weighted by molar-refractivity contribution is -0.692. The van der Waals surface area contributed by atoms with Gasteiger partial charge in [-0.25, -0.2) is 13.0 Å². The van der Waals surface area contributed by atoms with Crippen LogP contribution in [0.15, 0.2) is 48.8 Å². The molecular weight excluding hydrogens is 412 g/mol. The van der Waals surface area contributed by atoms with Crippen LogP contribution in [0.2, 0.25) is 0 Å². The molecule has 7 nitrogen and oxygen atoms in total. The van der Waals surface area contributed by atoms with Crippen molar-refractivity contribution in [2.45, 2.75) is 6.54 Å². The molecule has 0 spiro atoms. The summed E-state index contributed by atoms with van der Waals surface area (Å²) in [6.45, 7) is 2.09. The Kier molecular flexibility index (Phi) is 11.6. The maximum atomic E-state index is 9.10. The molecular formula is C20H28N2O5S2. The average Bonchev–Trinajstić information content (AvgIpc) is 2.67. The van der Waals surface area contributed by atoms with Crippen molar-refractivity contribution >= 4 is 40.6 Å². The number of anilines is 1. The largest absolute Gasteiger partial charge is 0.748 e. The van der Waals surface area contributed by atoms with Gasteiger partial charge in [-0.2, -0.15) is 12.6 Å². The first-order valence-corrected chi connectivity index (χ1v) is 11.5. The highest BCUT2D eigenvalue weighted by atomic mass is 32.2. The molecule has 2 N–H and O–H groups in total. The van der Waals surface area contributed by atoms with Gasteiger partial charge in [0, 0.05) is 42.9 Å². The number of rotatable bonds is 9. The molecule has 0 fully saturated rings. The van der Waals surface area contributed by atoms with Crippen molar-refractivity contribution in [2.75, 3.05) is 43.2 Å². The first kappa shape index (κ1) is 25.1. The third kappa shape index (κ3) is 11.6. The summed E-state index contributed by atoms with van der Waals surface area (Å²) in [5.74, 6) is 0.829. The van der Waals surface area contributed by atoms with Crippen molar-refractivity contribution in [3.63, 3.8) is 0 Å². The van der Waals surface area contributed by atoms with Crippen LogP contribution in [0.25, 0.3) is 12.2 Å². The predicted octanol–water partition coefficient (Wildman–Crippen LogP) is 1.03. The van der Waals surface area contributed by atoms with Crippen LogP contribution in [-0.4, -0.2) is 61.5 Å². The Labute approximate surface area is 178 Å². The van der Waals surface area contributed by atoms with E-state index in [2.05, 4.69) is 53.9 Å². The molecule has 0 saturated carbocycles. The van der Waals surface area contributed by atoms with Crippen molar-refractivity contribution in [1.82, 2.24) is 0 Å². The van der Waals surface area contributed by atoms with Gasteiger partial charge in [0.05, 0.1) is 23.3 Å². The van der Waals surface area contributed by atoms with Crippen LogP contribution in [0, 0.1) is 0 Å². The van der Waals surface area contributed by atoms with E-state index >= 15 is 0 Å². The lowest BCUT2D eigenvalue weighted by Gasteiger charge is -2.22. The standard InChI is InChI=1S/C19H24N2O2S.CH4O3S/c22-14-11-21(12-15-23)19-5-3-17(4-6-19)1-2-18-7-9-20(10-8-18)13-16-24;1-5(2,3)4/h1-10,22-23H,11-16H2;1H3,(H,2,3,4). The summed E-state index contributed by atoms with van der Waals surface area (Å²) in [6.07, 6.45) is 8.87. The van der Waals surface area contributed by atoms with E-state index in [0.29, 0.717) is 19.3 Å². The number of hydrogen-bond donors (Lipinski definition) is 3. The number of benzene rings is 1. The molecule has 0 saturated heterocycles. The van der Waals surface area contributed by atoms with Crippen molar-refractivity contribution in [1.29, 1.82) is 0 Å². The summed E-state index contributed by atoms with van der Waals surface area (Å²) in [5.41, 5.74) is 3.26. The molecule has 0 aliphatic rings. The molecule has 0 radical (unpaired) electrons. The minimum absolute atomic E-state index is 0.0723. The first-order valence-electron chi connectivity index (χ1n) is 9.02. The quantitative estimate of drug-likeness (QED) is 0.306. The number of aliphatic hydroxyl groups excluding tert-OH is 2. The van der Waals surface area contributed by atoms with E-state index in [1.165, 1.54) is 0 Å². The number of nitrogens with zero attached hydrogens (tertiary/aromatic N) is 2. The van der Waals surface area contributed by atoms with Gasteiger partial charge in [0.15, 0.2) is 18.9 Å². The first-order chi connectivity index (χ1) is 13.8. The fourth-order valence-electron chi connectivity index (χ4n) is 2.44. The molecule has 0 aliphatic heterocycles. The summed E-state index contributed by atoms with van der Waals surface area (Å²) in [4.78, 5) is 1.96. The highest BCUT2D eigenvalue weighted by molar-refractivity contribution is 7.84. The minimum Gasteiger partial charge on any atom is -0.748 e. The second-order valence-corrected chi connectivity index (χ2v) is 8.01. The number of pyridine rings is 1. The molecule has 0 unspecified atom stereocenters. The van der Waals surface area contributed by atoms with Gasteiger partial charge >= 0.3 is 0 Å². The Bertz CT molecular complexity index is 824. The van der Waals surface area contributed by atoms with E-state index in [-0.39, 0.29) is 13.2 Å². The van der Waals surface area contributed by atoms with Gasteiger partial charge in [-0.1, -0.05) is 24.3 Å². The summed E-state index contributed by atoms with van der Waals surface area (Å²) in [7, 11) is -3.92. The zero-order chi connectivity index (χ0) is 21.7. The molecule has 9 heteroatoms. The Morgan fingerprint density at radius 2 is 1.45 bits per heavy atom. The van der Waals surface area contributed by atoms with E-state index in [4.69, 9.17) is 23.2 Å². The molecule has 29 heavy (non-hydrogen) atoms. The van der Waals surface area contributed by atoms with Crippen molar-refractivity contribution < 1.29 is 27.8 Å². The van der Waals surface area contributed by atoms with Gasteiger partial charge in [-0.05, 0) is 23.3 Å². The molecule has 160 valence electrons. The van der Waals surface area contributed by atoms with E-state index < -0.39 is 10.1 Å². The van der Waals surface area contributed by atoms with Crippen LogP contribution in [0.5, 0.6) is 0 Å². The van der Waals surface area contributed by atoms with E-state index in [1.807, 2.05) is 29.2 Å². The molecule has 1 aromatic heterocycles. The Hall–Kier alpha value is -1.91. The van der Waals surface area contributed by atoms with Crippen LogP contribution >= 0.6 is 12.6 Å². The van der Waals surface area contributed by atoms with Gasteiger partial charge in [0.25, 0.3) is 0 Å². The van der Waals surface area contributed by atoms with E-state index in [1.54, 1.807) is 0 Å². The average molecular weight is 441 g/mol. The molecule has 2 rings (SSSR count). The maximum absolute atomic E-state index is 9.10. The summed E-state index contributed by atoms with van der Waals surface area (Å²) < 4.78 is 29.3. The number of aryl methyl sites for hydroxylation is 1. The zero-order valence-electron chi connectivity index (χ0n) is 16.4. The van der Waals surface area contributed by atoms with Crippen molar-refractivity contribution in [3.8, 4) is 0 Å². The van der Waals surface area contributed by atoms with Gasteiger partial charge < -0.3 is 19.7 Å². The SMILES string of the molecule is CS(=O)(=O)[O-].OCCN(CCO)c1ccc(/C=C/c2cc[n+](CCS)cc2)cc1. The zero-order valence-corrected chi connectivity index (χ0v) is 18.1. The Morgan fingerprint density at radius 1 is 1.00 bits per heavy atom. The monoisotopic (exact) mass is 440 g/mol. The molecule has 1 aromatic carbocycles. The third-order valence-electron chi connectivity index (χ3n) is 3.74. The van der Waals surface area contributed by atoms with Crippen LogP contribution in [-0.2, 0) is 16.7 Å². The Balaban J connectivity index is 0.000000749. The molecule has 0 atom stereocenters. The smallest absolute Gasteiger partial charge is 0.169 e. The van der Waals surface area contributed by atoms with Crippen molar-refractivity contribution in [3.05, 3.63) is 59.9 Å². The van der Waals surface area contributed by atoms with Gasteiger partial charge in [-0.15, -0.1) is 0 Å². The summed E-state index contributed by atoms with van der Waals surface area (Å²) in [6, 6.07) is 12.3. The van der Waals surface area contributed by atoms with E-state index in [0.717, 1.165) is 29.1 Å². The van der Waals surface area contributed by atoms with Gasteiger partial charge in [0.1, 0.15) is 0 Å². The lowest BCUT2D eigenvalue weighted by Crippen LogP contribution is -2.33. The third-order valence-corrected chi connectivity index (χ3v) is 3.94. The fourth-order valence-corrected chi connectivity index (χ4v) is 2.68. The van der Waals surface area contributed by atoms with Crippen LogP contribution < -0.4 is 9.47 Å². The second kappa shape index (κ2) is 13.3. The molecule has 0 aliphatic carbocycles. The Morgan fingerprint density at radius 3 is 1.86 bits per heavy atom. The fraction of sp³-hybridized carbons (Fsp3) is 0.350.